The number of ketones is 1. The minimum absolute atomic E-state index is 0. The molecule has 0 aromatic heterocycles. The van der Waals surface area contributed by atoms with Crippen LogP contribution in [-0.4, -0.2) is 23.8 Å². The number of carbonyl (C=O) groups is 2. The fourth-order valence-corrected chi connectivity index (χ4v) is 2.43. The largest absolute Gasteiger partial charge is 0.349 e. The average Bonchev–Trinajstić information content (AvgIpc) is 3.30. The molecular weight excluding hydrogens is 307 g/mol. The molecule has 1 unspecified atom stereocenters. The fraction of sp³-hybridized carbons (Fsp3) is 0.500. The van der Waals surface area contributed by atoms with Gasteiger partial charge in [0.25, 0.3) is 0 Å². The molecule has 122 valence electrons. The maximum atomic E-state index is 12.8. The van der Waals surface area contributed by atoms with E-state index < -0.39 is 0 Å². The Bertz CT molecular complexity index is 531. The van der Waals surface area contributed by atoms with E-state index in [0.717, 1.165) is 12.8 Å². The van der Waals surface area contributed by atoms with E-state index in [1.165, 1.54) is 24.3 Å². The van der Waals surface area contributed by atoms with Gasteiger partial charge in [0.2, 0.25) is 5.91 Å². The zero-order valence-electron chi connectivity index (χ0n) is 12.6. The van der Waals surface area contributed by atoms with E-state index in [4.69, 9.17) is 5.73 Å². The first-order valence-corrected chi connectivity index (χ1v) is 7.24. The molecule has 1 atom stereocenters. The summed E-state index contributed by atoms with van der Waals surface area (Å²) < 4.78 is 12.8. The van der Waals surface area contributed by atoms with Gasteiger partial charge in [0.1, 0.15) is 5.82 Å². The molecule has 3 N–H and O–H groups in total. The van der Waals surface area contributed by atoms with E-state index in [0.29, 0.717) is 18.0 Å². The molecule has 1 aliphatic rings. The van der Waals surface area contributed by atoms with Crippen molar-refractivity contribution in [2.75, 3.05) is 6.54 Å². The number of Topliss-reactive ketones (excluding diaryl/α,β-unsaturated/α-hetero) is 1. The van der Waals surface area contributed by atoms with Crippen LogP contribution in [0.4, 0.5) is 4.39 Å². The maximum Gasteiger partial charge on any atom is 0.220 e. The fourth-order valence-electron chi connectivity index (χ4n) is 2.43. The molecule has 1 amide bonds. The van der Waals surface area contributed by atoms with Gasteiger partial charge in [-0.25, -0.2) is 4.39 Å². The standard InChI is InChI=1S/C16H21FN2O2.ClH/c1-16(10-18,12-4-5-12)19-15(21)9-8-14(20)11-2-6-13(17)7-3-11;/h2-3,6-7,12H,4-5,8-10,18H2,1H3,(H,19,21);1H. The highest BCUT2D eigenvalue weighted by Gasteiger charge is 2.41. The molecule has 4 nitrogen and oxygen atoms in total. The Morgan fingerprint density at radius 1 is 1.27 bits per heavy atom. The van der Waals surface area contributed by atoms with Gasteiger partial charge in [-0.1, -0.05) is 0 Å². The lowest BCUT2D eigenvalue weighted by Crippen LogP contribution is -2.53. The van der Waals surface area contributed by atoms with Crippen LogP contribution in [-0.2, 0) is 4.79 Å². The first-order chi connectivity index (χ1) is 9.94. The van der Waals surface area contributed by atoms with Crippen molar-refractivity contribution in [3.8, 4) is 0 Å². The van der Waals surface area contributed by atoms with E-state index in [2.05, 4.69) is 5.32 Å². The summed E-state index contributed by atoms with van der Waals surface area (Å²) in [6.07, 6.45) is 2.41. The SMILES string of the molecule is CC(CN)(NC(=O)CCC(=O)c1ccc(F)cc1)C1CC1.Cl. The van der Waals surface area contributed by atoms with Crippen LogP contribution in [0.25, 0.3) is 0 Å². The van der Waals surface area contributed by atoms with E-state index in [-0.39, 0.29) is 48.3 Å². The number of amides is 1. The van der Waals surface area contributed by atoms with Gasteiger partial charge in [-0.2, -0.15) is 0 Å². The molecule has 1 aromatic carbocycles. The molecule has 22 heavy (non-hydrogen) atoms. The third kappa shape index (κ3) is 4.78. The van der Waals surface area contributed by atoms with Crippen molar-refractivity contribution in [2.24, 2.45) is 11.7 Å². The second kappa shape index (κ2) is 7.70. The van der Waals surface area contributed by atoms with Crippen LogP contribution in [0, 0.1) is 11.7 Å². The second-order valence-electron chi connectivity index (χ2n) is 5.87. The number of rotatable bonds is 7. The number of carbonyl (C=O) groups excluding carboxylic acids is 2. The van der Waals surface area contributed by atoms with Crippen molar-refractivity contribution in [2.45, 2.75) is 38.1 Å². The minimum Gasteiger partial charge on any atom is -0.349 e. The molecule has 1 aliphatic carbocycles. The Kier molecular flexibility index (Phi) is 6.50. The summed E-state index contributed by atoms with van der Waals surface area (Å²) in [4.78, 5) is 23.9. The van der Waals surface area contributed by atoms with Crippen LogP contribution < -0.4 is 11.1 Å². The third-order valence-corrected chi connectivity index (χ3v) is 4.07. The second-order valence-corrected chi connectivity index (χ2v) is 5.87. The molecule has 0 saturated heterocycles. The number of benzene rings is 1. The van der Waals surface area contributed by atoms with E-state index in [9.17, 15) is 14.0 Å². The molecule has 0 aliphatic heterocycles. The highest BCUT2D eigenvalue weighted by molar-refractivity contribution is 5.97. The summed E-state index contributed by atoms with van der Waals surface area (Å²) >= 11 is 0. The first kappa shape index (κ1) is 18.6. The molecule has 0 heterocycles. The lowest BCUT2D eigenvalue weighted by atomic mass is 9.95. The number of nitrogens with two attached hydrogens (primary N) is 1. The molecule has 1 fully saturated rings. The van der Waals surface area contributed by atoms with Crippen molar-refractivity contribution < 1.29 is 14.0 Å². The Morgan fingerprint density at radius 2 is 1.86 bits per heavy atom. The molecule has 0 bridgehead atoms. The summed E-state index contributed by atoms with van der Waals surface area (Å²) in [6.45, 7) is 2.35. The zero-order valence-corrected chi connectivity index (χ0v) is 13.4. The van der Waals surface area contributed by atoms with Crippen LogP contribution in [0.1, 0.15) is 43.0 Å². The van der Waals surface area contributed by atoms with Crippen molar-refractivity contribution in [3.63, 3.8) is 0 Å². The van der Waals surface area contributed by atoms with Crippen LogP contribution in [0.2, 0.25) is 0 Å². The third-order valence-electron chi connectivity index (χ3n) is 4.07. The van der Waals surface area contributed by atoms with Crippen LogP contribution in [0.15, 0.2) is 24.3 Å². The monoisotopic (exact) mass is 328 g/mol. The Labute approximate surface area is 136 Å². The molecule has 0 radical (unpaired) electrons. The normalized spacial score (nSPS) is 16.3. The van der Waals surface area contributed by atoms with Crippen LogP contribution >= 0.6 is 12.4 Å². The van der Waals surface area contributed by atoms with Gasteiger partial charge in [0.05, 0.1) is 5.54 Å². The predicted molar refractivity (Wildman–Crippen MR) is 85.5 cm³/mol. The topological polar surface area (TPSA) is 72.2 Å². The molecule has 2 rings (SSSR count). The van der Waals surface area contributed by atoms with Crippen LogP contribution in [0.3, 0.4) is 0 Å². The van der Waals surface area contributed by atoms with Crippen molar-refractivity contribution >= 4 is 24.1 Å². The smallest absolute Gasteiger partial charge is 0.220 e. The first-order valence-electron chi connectivity index (χ1n) is 7.24. The zero-order chi connectivity index (χ0) is 15.5. The molecular formula is C16H22ClFN2O2. The van der Waals surface area contributed by atoms with Crippen molar-refractivity contribution in [3.05, 3.63) is 35.6 Å². The van der Waals surface area contributed by atoms with Gasteiger partial charge in [-0.15, -0.1) is 12.4 Å². The minimum atomic E-state index is -0.382. The van der Waals surface area contributed by atoms with Gasteiger partial charge < -0.3 is 11.1 Å². The Morgan fingerprint density at radius 3 is 2.36 bits per heavy atom. The van der Waals surface area contributed by atoms with Gasteiger partial charge in [-0.3, -0.25) is 9.59 Å². The molecule has 1 saturated carbocycles. The predicted octanol–water partition coefficient (Wildman–Crippen LogP) is 2.45. The molecule has 1 aromatic rings. The summed E-state index contributed by atoms with van der Waals surface area (Å²) in [5.41, 5.74) is 5.80. The lowest BCUT2D eigenvalue weighted by molar-refractivity contribution is -0.123. The van der Waals surface area contributed by atoms with E-state index in [1.54, 1.807) is 0 Å². The molecule has 0 spiro atoms. The van der Waals surface area contributed by atoms with E-state index >= 15 is 0 Å². The van der Waals surface area contributed by atoms with Gasteiger partial charge in [0.15, 0.2) is 5.78 Å². The number of nitrogens with one attached hydrogen (secondary N) is 1. The summed E-state index contributed by atoms with van der Waals surface area (Å²) in [5, 5.41) is 2.94. The quantitative estimate of drug-likeness (QED) is 0.755. The highest BCUT2D eigenvalue weighted by Crippen LogP contribution is 2.39. The van der Waals surface area contributed by atoms with Gasteiger partial charge in [0, 0.05) is 24.9 Å². The van der Waals surface area contributed by atoms with E-state index in [1.807, 2.05) is 6.92 Å². The summed E-state index contributed by atoms with van der Waals surface area (Å²) in [6, 6.07) is 5.35. The number of halogens is 2. The van der Waals surface area contributed by atoms with Gasteiger partial charge in [-0.05, 0) is 49.9 Å². The maximum absolute atomic E-state index is 12.8. The van der Waals surface area contributed by atoms with Crippen molar-refractivity contribution in [1.29, 1.82) is 0 Å². The lowest BCUT2D eigenvalue weighted by Gasteiger charge is -2.29. The summed E-state index contributed by atoms with van der Waals surface area (Å²) in [7, 11) is 0. The van der Waals surface area contributed by atoms with Gasteiger partial charge >= 0.3 is 0 Å². The number of hydrogen-bond donors (Lipinski definition) is 2. The Hall–Kier alpha value is -1.46. The van der Waals surface area contributed by atoms with Crippen molar-refractivity contribution in [1.82, 2.24) is 5.32 Å². The van der Waals surface area contributed by atoms with Crippen LogP contribution in [0.5, 0.6) is 0 Å². The number of hydrogen-bond acceptors (Lipinski definition) is 3. The summed E-state index contributed by atoms with van der Waals surface area (Å²) in [5.74, 6) is -0.261. The Balaban J connectivity index is 0.00000242. The highest BCUT2D eigenvalue weighted by atomic mass is 35.5. The molecule has 6 heteroatoms. The average molecular weight is 329 g/mol.